The molecule has 0 bridgehead atoms. The van der Waals surface area contributed by atoms with E-state index in [1.165, 1.54) is 0 Å². The van der Waals surface area contributed by atoms with E-state index in [1.54, 1.807) is 18.4 Å². The number of anilines is 1. The van der Waals surface area contributed by atoms with Crippen LogP contribution >= 0.6 is 8.53 Å². The van der Waals surface area contributed by atoms with Gasteiger partial charge in [-0.05, 0) is 34.1 Å². The number of nitrogens with one attached hydrogen (secondary N) is 2. The van der Waals surface area contributed by atoms with E-state index in [4.69, 9.17) is 24.1 Å². The molecule has 0 spiro atoms. The molecule has 13 nitrogen and oxygen atoms in total. The fourth-order valence-electron chi connectivity index (χ4n) is 3.48. The van der Waals surface area contributed by atoms with E-state index in [1.807, 2.05) is 6.92 Å². The molecule has 1 unspecified atom stereocenters. The molecular weight excluding hydrogens is 513 g/mol. The number of rotatable bonds is 17. The molecule has 212 valence electrons. The molecule has 1 atom stereocenters. The third kappa shape index (κ3) is 9.08. The number of nitrogens with zero attached hydrogens (tertiary/aromatic N) is 5. The van der Waals surface area contributed by atoms with Gasteiger partial charge in [-0.2, -0.15) is 10.2 Å². The Labute approximate surface area is 224 Å². The van der Waals surface area contributed by atoms with Crippen LogP contribution in [-0.4, -0.2) is 62.0 Å². The van der Waals surface area contributed by atoms with Crippen LogP contribution in [-0.2, 0) is 36.8 Å². The number of carbonyl (C=O) groups excluding carboxylic acids is 1. The number of amides is 1. The molecule has 2 rings (SSSR count). The van der Waals surface area contributed by atoms with Crippen LogP contribution in [0.4, 0.5) is 5.95 Å². The zero-order chi connectivity index (χ0) is 28.2. The van der Waals surface area contributed by atoms with Crippen molar-refractivity contribution in [3.63, 3.8) is 0 Å². The van der Waals surface area contributed by atoms with E-state index in [9.17, 15) is 9.59 Å². The predicted octanol–water partition coefficient (Wildman–Crippen LogP) is 3.86. The van der Waals surface area contributed by atoms with Gasteiger partial charge in [0.25, 0.3) is 14.1 Å². The predicted molar refractivity (Wildman–Crippen MR) is 144 cm³/mol. The molecule has 0 aromatic carbocycles. The van der Waals surface area contributed by atoms with Crippen molar-refractivity contribution in [1.29, 1.82) is 5.26 Å². The Morgan fingerprint density at radius 1 is 1.11 bits per heavy atom. The highest BCUT2D eigenvalue weighted by Gasteiger charge is 2.27. The highest BCUT2D eigenvalue weighted by atomic mass is 31.2. The average molecular weight is 554 g/mol. The Hall–Kier alpha value is -2.46. The van der Waals surface area contributed by atoms with Crippen LogP contribution < -0.4 is 10.9 Å². The highest BCUT2D eigenvalue weighted by molar-refractivity contribution is 7.44. The van der Waals surface area contributed by atoms with Crippen molar-refractivity contribution in [3.05, 3.63) is 16.2 Å². The number of nitriles is 1. The second-order valence-electron chi connectivity index (χ2n) is 9.37. The van der Waals surface area contributed by atoms with Crippen molar-refractivity contribution in [1.82, 2.24) is 24.2 Å². The molecule has 0 saturated carbocycles. The van der Waals surface area contributed by atoms with E-state index >= 15 is 0 Å². The van der Waals surface area contributed by atoms with Gasteiger partial charge in [0.05, 0.1) is 32.3 Å². The maximum Gasteiger partial charge on any atom is 0.280 e. The quantitative estimate of drug-likeness (QED) is 0.128. The minimum atomic E-state index is -1.45. The van der Waals surface area contributed by atoms with Crippen molar-refractivity contribution in [2.75, 3.05) is 25.1 Å². The number of aromatic amines is 1. The molecule has 0 saturated heterocycles. The molecule has 0 radical (unpaired) electrons. The van der Waals surface area contributed by atoms with Gasteiger partial charge in [0.1, 0.15) is 12.4 Å². The summed E-state index contributed by atoms with van der Waals surface area (Å²) < 4.78 is 16.0. The summed E-state index contributed by atoms with van der Waals surface area (Å²) in [4.78, 5) is 46.9. The van der Waals surface area contributed by atoms with Crippen LogP contribution in [0.15, 0.2) is 4.79 Å². The first-order valence-corrected chi connectivity index (χ1v) is 14.0. The molecule has 2 aromatic heterocycles. The zero-order valence-electron chi connectivity index (χ0n) is 23.3. The van der Waals surface area contributed by atoms with E-state index < -0.39 is 14.1 Å². The SMILES string of the molecule is CCCOOCc1nc2c(=O)[nH]c(NC(=O)C(C)C)nc2n1CCOP(OCCC#N)N(C(C)C)C(C)C. The number of aromatic nitrogens is 4. The second-order valence-corrected chi connectivity index (χ2v) is 10.8. The number of imidazole rings is 1. The van der Waals surface area contributed by atoms with Gasteiger partial charge >= 0.3 is 0 Å². The molecule has 0 aliphatic heterocycles. The number of hydrogen-bond donors (Lipinski definition) is 2. The van der Waals surface area contributed by atoms with Crippen molar-refractivity contribution in [2.45, 2.75) is 86.5 Å². The summed E-state index contributed by atoms with van der Waals surface area (Å²) in [5, 5.41) is 11.6. The molecule has 38 heavy (non-hydrogen) atoms. The first-order valence-electron chi connectivity index (χ1n) is 12.9. The van der Waals surface area contributed by atoms with E-state index in [-0.39, 0.29) is 73.8 Å². The van der Waals surface area contributed by atoms with Crippen LogP contribution in [0, 0.1) is 17.2 Å². The Kier molecular flexibility index (Phi) is 13.2. The molecule has 0 aliphatic carbocycles. The van der Waals surface area contributed by atoms with Crippen molar-refractivity contribution < 1.29 is 23.6 Å². The molecule has 2 N–H and O–H groups in total. The fourth-order valence-corrected chi connectivity index (χ4v) is 5.06. The maximum atomic E-state index is 12.8. The van der Waals surface area contributed by atoms with Crippen molar-refractivity contribution in [2.24, 2.45) is 5.92 Å². The van der Waals surface area contributed by atoms with E-state index in [2.05, 4.69) is 58.7 Å². The van der Waals surface area contributed by atoms with Gasteiger partial charge in [-0.25, -0.2) is 19.4 Å². The third-order valence-electron chi connectivity index (χ3n) is 5.19. The van der Waals surface area contributed by atoms with Crippen LogP contribution in [0.3, 0.4) is 0 Å². The van der Waals surface area contributed by atoms with Crippen LogP contribution in [0.5, 0.6) is 0 Å². The lowest BCUT2D eigenvalue weighted by Crippen LogP contribution is -2.34. The van der Waals surface area contributed by atoms with Gasteiger partial charge < -0.3 is 13.6 Å². The van der Waals surface area contributed by atoms with Crippen molar-refractivity contribution in [3.8, 4) is 6.07 Å². The van der Waals surface area contributed by atoms with Gasteiger partial charge in [-0.3, -0.25) is 19.9 Å². The minimum absolute atomic E-state index is 0.0129. The number of carbonyl (C=O) groups is 1. The Bertz CT molecular complexity index is 1120. The maximum absolute atomic E-state index is 12.8. The Morgan fingerprint density at radius 3 is 2.39 bits per heavy atom. The van der Waals surface area contributed by atoms with Gasteiger partial charge in [0.15, 0.2) is 11.2 Å². The summed E-state index contributed by atoms with van der Waals surface area (Å²) >= 11 is 0. The molecule has 14 heteroatoms. The summed E-state index contributed by atoms with van der Waals surface area (Å²) in [6, 6.07) is 2.40. The smallest absolute Gasteiger partial charge is 0.280 e. The van der Waals surface area contributed by atoms with E-state index in [0.717, 1.165) is 6.42 Å². The normalized spacial score (nSPS) is 12.7. The molecule has 0 fully saturated rings. The lowest BCUT2D eigenvalue weighted by atomic mass is 10.2. The first-order chi connectivity index (χ1) is 18.1. The van der Waals surface area contributed by atoms with Crippen molar-refractivity contribution >= 4 is 31.5 Å². The van der Waals surface area contributed by atoms with Crippen LogP contribution in [0.2, 0.25) is 0 Å². The highest BCUT2D eigenvalue weighted by Crippen LogP contribution is 2.45. The summed E-state index contributed by atoms with van der Waals surface area (Å²) in [6.45, 7) is 14.8. The largest absolute Gasteiger partial charge is 0.321 e. The minimum Gasteiger partial charge on any atom is -0.321 e. The standard InChI is InChI=1S/C24H40N7O6P/c1-8-12-34-35-15-19-26-20-21(27-24(29-23(20)33)28-22(32)16(2)3)30(19)11-14-37-38(36-13-9-10-25)31(17(4)5)18(6)7/h16-18H,8-9,11-15H2,1-7H3,(H2,27,28,29,32,33). The first kappa shape index (κ1) is 31.8. The molecule has 1 amide bonds. The summed E-state index contributed by atoms with van der Waals surface area (Å²) in [5.41, 5.74) is -0.0951. The lowest BCUT2D eigenvalue weighted by Gasteiger charge is -2.35. The van der Waals surface area contributed by atoms with Gasteiger partial charge in [0, 0.05) is 24.5 Å². The lowest BCUT2D eigenvalue weighted by molar-refractivity contribution is -0.305. The number of H-pyrrole nitrogens is 1. The number of hydrogen-bond acceptors (Lipinski definition) is 10. The average Bonchev–Trinajstić information content (AvgIpc) is 3.19. The second kappa shape index (κ2) is 15.8. The van der Waals surface area contributed by atoms with Crippen LogP contribution in [0.1, 0.15) is 67.1 Å². The summed E-state index contributed by atoms with van der Waals surface area (Å²) in [7, 11) is -1.45. The summed E-state index contributed by atoms with van der Waals surface area (Å²) in [5.74, 6) is -0.115. The number of fused-ring (bicyclic) bond motifs is 1. The Balaban J connectivity index is 2.35. The van der Waals surface area contributed by atoms with Crippen LogP contribution in [0.25, 0.3) is 11.2 Å². The van der Waals surface area contributed by atoms with Gasteiger partial charge in [0.2, 0.25) is 11.9 Å². The van der Waals surface area contributed by atoms with E-state index in [0.29, 0.717) is 12.4 Å². The molecule has 0 aliphatic rings. The fraction of sp³-hybridized carbons (Fsp3) is 0.708. The zero-order valence-corrected chi connectivity index (χ0v) is 24.2. The molecule has 2 aromatic rings. The monoisotopic (exact) mass is 553 g/mol. The van der Waals surface area contributed by atoms with Gasteiger partial charge in [-0.15, -0.1) is 0 Å². The van der Waals surface area contributed by atoms with Gasteiger partial charge in [-0.1, -0.05) is 20.8 Å². The summed E-state index contributed by atoms with van der Waals surface area (Å²) in [6.07, 6.45) is 1.04. The molecular formula is C24H40N7O6P. The topological polar surface area (TPSA) is 157 Å². The Morgan fingerprint density at radius 2 is 1.79 bits per heavy atom. The third-order valence-corrected chi connectivity index (χ3v) is 7.30. The molecule has 2 heterocycles.